The second-order valence-electron chi connectivity index (χ2n) is 2.01. The Balaban J connectivity index is 2.82. The van der Waals surface area contributed by atoms with Gasteiger partial charge in [-0.05, 0) is 6.92 Å². The summed E-state index contributed by atoms with van der Waals surface area (Å²) in [5.74, 6) is -0.839. The molecule has 0 atom stereocenters. The van der Waals surface area contributed by atoms with Crippen molar-refractivity contribution < 1.29 is 19.2 Å². The highest BCUT2D eigenvalue weighted by Gasteiger charge is 2.20. The fourth-order valence-corrected chi connectivity index (χ4v) is 0.711. The Labute approximate surface area is 73.8 Å². The van der Waals surface area contributed by atoms with Crippen LogP contribution in [0.3, 0.4) is 0 Å². The summed E-state index contributed by atoms with van der Waals surface area (Å²) in [6, 6.07) is 0. The van der Waals surface area contributed by atoms with Crippen LogP contribution >= 0.6 is 0 Å². The fraction of sp³-hybridized carbons (Fsp3) is 0.286. The van der Waals surface area contributed by atoms with E-state index in [1.54, 1.807) is 6.92 Å². The van der Waals surface area contributed by atoms with E-state index in [1.165, 1.54) is 12.5 Å². The molecule has 0 saturated heterocycles. The first-order valence-corrected chi connectivity index (χ1v) is 3.58. The van der Waals surface area contributed by atoms with E-state index in [9.17, 15) is 4.79 Å². The number of carbonyl (C=O) groups is 1. The van der Waals surface area contributed by atoms with Crippen molar-refractivity contribution in [2.24, 2.45) is 5.16 Å². The summed E-state index contributed by atoms with van der Waals surface area (Å²) in [4.78, 5) is 14.7. The first-order chi connectivity index (χ1) is 6.29. The van der Waals surface area contributed by atoms with Crippen LogP contribution < -0.4 is 0 Å². The summed E-state index contributed by atoms with van der Waals surface area (Å²) < 4.78 is 9.34. The number of nitrogens with zero attached hydrogens (tertiary/aromatic N) is 2. The average molecular weight is 184 g/mol. The predicted molar refractivity (Wildman–Crippen MR) is 41.5 cm³/mol. The van der Waals surface area contributed by atoms with Gasteiger partial charge in [0.25, 0.3) is 5.89 Å². The van der Waals surface area contributed by atoms with Crippen LogP contribution in [0.5, 0.6) is 0 Å². The molecule has 0 saturated carbocycles. The molecule has 70 valence electrons. The number of ether oxygens (including phenoxy) is 1. The maximum Gasteiger partial charge on any atom is 0.366 e. The third-order valence-corrected chi connectivity index (χ3v) is 1.20. The van der Waals surface area contributed by atoms with Crippen molar-refractivity contribution in [1.82, 2.24) is 4.98 Å². The number of rotatable bonds is 3. The van der Waals surface area contributed by atoms with Crippen LogP contribution in [0.1, 0.15) is 12.8 Å². The van der Waals surface area contributed by atoms with Gasteiger partial charge in [0, 0.05) is 0 Å². The quantitative estimate of drug-likeness (QED) is 0.318. The molecule has 0 aromatic carbocycles. The van der Waals surface area contributed by atoms with Crippen molar-refractivity contribution in [3.63, 3.8) is 0 Å². The summed E-state index contributed by atoms with van der Waals surface area (Å²) in [7, 11) is 0. The van der Waals surface area contributed by atoms with E-state index in [0.29, 0.717) is 0 Å². The zero-order valence-corrected chi connectivity index (χ0v) is 6.93. The molecule has 0 bridgehead atoms. The van der Waals surface area contributed by atoms with Crippen molar-refractivity contribution in [3.8, 4) is 0 Å². The van der Waals surface area contributed by atoms with Crippen LogP contribution in [0, 0.1) is 0 Å². The minimum Gasteiger partial charge on any atom is -0.461 e. The third-order valence-electron chi connectivity index (χ3n) is 1.20. The van der Waals surface area contributed by atoms with Crippen LogP contribution in [0.15, 0.2) is 22.0 Å². The molecule has 1 aromatic rings. The molecule has 0 radical (unpaired) electrons. The lowest BCUT2D eigenvalue weighted by Gasteiger charge is -1.98. The monoisotopic (exact) mass is 184 g/mol. The Morgan fingerprint density at radius 3 is 3.08 bits per heavy atom. The van der Waals surface area contributed by atoms with Gasteiger partial charge in [-0.3, -0.25) is 0 Å². The lowest BCUT2D eigenvalue weighted by molar-refractivity contribution is -0.135. The molecule has 0 aliphatic heterocycles. The molecular weight excluding hydrogens is 176 g/mol. The summed E-state index contributed by atoms with van der Waals surface area (Å²) >= 11 is 0. The molecule has 0 aliphatic carbocycles. The molecule has 0 aliphatic rings. The number of hydrogen-bond donors (Lipinski definition) is 1. The zero-order chi connectivity index (χ0) is 9.68. The van der Waals surface area contributed by atoms with E-state index in [-0.39, 0.29) is 18.2 Å². The molecule has 1 heterocycles. The van der Waals surface area contributed by atoms with Gasteiger partial charge in [-0.15, -0.1) is 0 Å². The number of esters is 1. The number of oxazole rings is 1. The summed E-state index contributed by atoms with van der Waals surface area (Å²) in [5.41, 5.74) is -0.341. The predicted octanol–water partition coefficient (Wildman–Crippen LogP) is 0.416. The van der Waals surface area contributed by atoms with Crippen LogP contribution in [0.25, 0.3) is 0 Å². The van der Waals surface area contributed by atoms with Crippen molar-refractivity contribution in [3.05, 3.63) is 18.4 Å². The van der Waals surface area contributed by atoms with E-state index in [2.05, 4.69) is 14.9 Å². The second-order valence-corrected chi connectivity index (χ2v) is 2.01. The minimum atomic E-state index is -0.771. The minimum absolute atomic E-state index is 0.0686. The van der Waals surface area contributed by atoms with E-state index >= 15 is 0 Å². The smallest absolute Gasteiger partial charge is 0.366 e. The molecule has 1 N–H and O–H groups in total. The number of aromatic nitrogens is 1. The maximum absolute atomic E-state index is 11.1. The van der Waals surface area contributed by atoms with Gasteiger partial charge >= 0.3 is 5.97 Å². The van der Waals surface area contributed by atoms with Crippen LogP contribution in [-0.4, -0.2) is 28.5 Å². The van der Waals surface area contributed by atoms with Crippen molar-refractivity contribution >= 4 is 11.7 Å². The normalized spacial score (nSPS) is 11.3. The Morgan fingerprint density at radius 1 is 1.85 bits per heavy atom. The van der Waals surface area contributed by atoms with Gasteiger partial charge in [0.15, 0.2) is 0 Å². The van der Waals surface area contributed by atoms with Crippen LogP contribution in [0.2, 0.25) is 0 Å². The molecule has 1 rings (SSSR count). The van der Waals surface area contributed by atoms with Gasteiger partial charge in [-0.1, -0.05) is 5.16 Å². The molecular formula is C7H8N2O4. The van der Waals surface area contributed by atoms with Gasteiger partial charge in [0.1, 0.15) is 6.26 Å². The maximum atomic E-state index is 11.1. The first kappa shape index (κ1) is 9.24. The van der Waals surface area contributed by atoms with E-state index in [4.69, 9.17) is 9.62 Å². The topological polar surface area (TPSA) is 84.9 Å². The molecule has 13 heavy (non-hydrogen) atoms. The summed E-state index contributed by atoms with van der Waals surface area (Å²) in [5, 5.41) is 11.2. The fourth-order valence-electron chi connectivity index (χ4n) is 0.711. The Kier molecular flexibility index (Phi) is 3.02. The molecule has 6 nitrogen and oxygen atoms in total. The lowest BCUT2D eigenvalue weighted by Crippen LogP contribution is -2.19. The third kappa shape index (κ3) is 2.05. The number of hydrogen-bond acceptors (Lipinski definition) is 6. The standard InChI is InChI=1S/C7H8N2O4/c1-2-12-7(10)5(9-11)6-8-3-4-13-6/h3-4,11H,2H2,1H3/b9-5-. The number of carbonyl (C=O) groups excluding carboxylic acids is 1. The van der Waals surface area contributed by atoms with E-state index < -0.39 is 5.97 Å². The van der Waals surface area contributed by atoms with Gasteiger partial charge in [-0.25, -0.2) is 9.78 Å². The highest BCUT2D eigenvalue weighted by molar-refractivity contribution is 6.41. The van der Waals surface area contributed by atoms with Crippen molar-refractivity contribution in [2.45, 2.75) is 6.92 Å². The molecule has 0 fully saturated rings. The van der Waals surface area contributed by atoms with Gasteiger partial charge < -0.3 is 14.4 Å². The van der Waals surface area contributed by atoms with Crippen molar-refractivity contribution in [1.29, 1.82) is 0 Å². The van der Waals surface area contributed by atoms with Gasteiger partial charge in [0.2, 0.25) is 5.71 Å². The Hall–Kier alpha value is -1.85. The molecule has 6 heteroatoms. The highest BCUT2D eigenvalue weighted by atomic mass is 16.5. The highest BCUT2D eigenvalue weighted by Crippen LogP contribution is 1.99. The van der Waals surface area contributed by atoms with Crippen molar-refractivity contribution in [2.75, 3.05) is 6.61 Å². The van der Waals surface area contributed by atoms with Gasteiger partial charge in [0.05, 0.1) is 12.8 Å². The first-order valence-electron chi connectivity index (χ1n) is 3.58. The van der Waals surface area contributed by atoms with Gasteiger partial charge in [-0.2, -0.15) is 0 Å². The second kappa shape index (κ2) is 4.24. The Bertz CT molecular complexity index is 304. The molecule has 0 spiro atoms. The zero-order valence-electron chi connectivity index (χ0n) is 6.93. The SMILES string of the molecule is CCOC(=O)/C(=N\O)c1ncco1. The molecule has 1 aromatic heterocycles. The number of oxime groups is 1. The van der Waals surface area contributed by atoms with Crippen LogP contribution in [0.4, 0.5) is 0 Å². The Morgan fingerprint density at radius 2 is 2.62 bits per heavy atom. The molecule has 0 amide bonds. The lowest BCUT2D eigenvalue weighted by atomic mass is 10.4. The van der Waals surface area contributed by atoms with E-state index in [0.717, 1.165) is 0 Å². The largest absolute Gasteiger partial charge is 0.461 e. The molecule has 0 unspecified atom stereocenters. The summed E-state index contributed by atoms with van der Waals surface area (Å²) in [6.07, 6.45) is 2.60. The van der Waals surface area contributed by atoms with E-state index in [1.807, 2.05) is 0 Å². The summed E-state index contributed by atoms with van der Waals surface area (Å²) in [6.45, 7) is 1.83. The van der Waals surface area contributed by atoms with Crippen LogP contribution in [-0.2, 0) is 9.53 Å². The average Bonchev–Trinajstić information content (AvgIpc) is 2.59.